The highest BCUT2D eigenvalue weighted by Crippen LogP contribution is 2.29. The van der Waals surface area contributed by atoms with Crippen LogP contribution >= 0.6 is 0 Å². The molecule has 1 unspecified atom stereocenters. The number of benzene rings is 1. The molecule has 0 aromatic heterocycles. The lowest BCUT2D eigenvalue weighted by Gasteiger charge is -2.34. The summed E-state index contributed by atoms with van der Waals surface area (Å²) >= 11 is 0. The van der Waals surface area contributed by atoms with Crippen LogP contribution in [0.3, 0.4) is 0 Å². The number of sulfone groups is 1. The molecule has 1 heterocycles. The molecule has 1 aliphatic heterocycles. The van der Waals surface area contributed by atoms with Gasteiger partial charge in [-0.2, -0.15) is 0 Å². The van der Waals surface area contributed by atoms with Crippen molar-refractivity contribution in [3.63, 3.8) is 0 Å². The molecule has 1 aromatic carbocycles. The van der Waals surface area contributed by atoms with E-state index in [0.29, 0.717) is 5.75 Å². The van der Waals surface area contributed by atoms with Gasteiger partial charge in [0.05, 0.1) is 11.5 Å². The average Bonchev–Trinajstić information content (AvgIpc) is 2.67. The number of hydrogen-bond donors (Lipinski definition) is 0. The number of rotatable bonds is 5. The van der Waals surface area contributed by atoms with Crippen molar-refractivity contribution in [1.29, 1.82) is 0 Å². The molecule has 1 aliphatic rings. The van der Waals surface area contributed by atoms with Crippen LogP contribution < -0.4 is 0 Å². The summed E-state index contributed by atoms with van der Waals surface area (Å²) in [5.74, 6) is 0.588. The topological polar surface area (TPSA) is 40.6 Å². The monoisotopic (exact) mass is 310 g/mol. The van der Waals surface area contributed by atoms with E-state index < -0.39 is 9.84 Å². The smallest absolute Gasteiger partial charge is 0.152 e. The normalized spacial score (nSPS) is 24.9. The van der Waals surface area contributed by atoms with Crippen LogP contribution in [0.2, 0.25) is 0 Å². The van der Waals surface area contributed by atoms with Crippen LogP contribution in [-0.4, -0.2) is 56.4 Å². The van der Waals surface area contributed by atoms with Crippen LogP contribution in [0.5, 0.6) is 0 Å². The number of nitrogens with zero attached hydrogens (tertiary/aromatic N) is 2. The summed E-state index contributed by atoms with van der Waals surface area (Å²) in [6.07, 6.45) is 0.727. The van der Waals surface area contributed by atoms with Crippen molar-refractivity contribution in [1.82, 2.24) is 9.80 Å². The van der Waals surface area contributed by atoms with Crippen molar-refractivity contribution in [2.75, 3.05) is 32.6 Å². The van der Waals surface area contributed by atoms with Crippen LogP contribution in [0.15, 0.2) is 24.3 Å². The van der Waals surface area contributed by atoms with E-state index in [2.05, 4.69) is 55.1 Å². The van der Waals surface area contributed by atoms with Gasteiger partial charge in [-0.3, -0.25) is 4.90 Å². The van der Waals surface area contributed by atoms with Gasteiger partial charge in [0.2, 0.25) is 0 Å². The Morgan fingerprint density at radius 1 is 1.05 bits per heavy atom. The lowest BCUT2D eigenvalue weighted by atomic mass is 9.99. The van der Waals surface area contributed by atoms with Crippen LogP contribution in [0.25, 0.3) is 0 Å². The molecular weight excluding hydrogens is 284 g/mol. The van der Waals surface area contributed by atoms with Gasteiger partial charge in [0, 0.05) is 18.6 Å². The first-order valence-corrected chi connectivity index (χ1v) is 9.17. The largest absolute Gasteiger partial charge is 0.305 e. The van der Waals surface area contributed by atoms with Gasteiger partial charge >= 0.3 is 0 Å². The van der Waals surface area contributed by atoms with Crippen LogP contribution in [0.4, 0.5) is 0 Å². The maximum Gasteiger partial charge on any atom is 0.152 e. The van der Waals surface area contributed by atoms with Crippen LogP contribution in [-0.2, 0) is 22.9 Å². The molecule has 2 rings (SSSR count). The Morgan fingerprint density at radius 3 is 2.00 bits per heavy atom. The quantitative estimate of drug-likeness (QED) is 0.831. The van der Waals surface area contributed by atoms with Crippen molar-refractivity contribution in [2.24, 2.45) is 0 Å². The maximum atomic E-state index is 11.7. The molecule has 0 amide bonds. The van der Waals surface area contributed by atoms with E-state index in [4.69, 9.17) is 0 Å². The zero-order chi connectivity index (χ0) is 15.7. The minimum absolute atomic E-state index is 0.235. The zero-order valence-corrected chi connectivity index (χ0v) is 14.3. The van der Waals surface area contributed by atoms with Gasteiger partial charge in [-0.15, -0.1) is 0 Å². The summed E-state index contributed by atoms with van der Waals surface area (Å²) in [5, 5.41) is 0. The lowest BCUT2D eigenvalue weighted by molar-refractivity contribution is 0.154. The van der Waals surface area contributed by atoms with Gasteiger partial charge in [-0.25, -0.2) is 8.42 Å². The molecule has 0 saturated carbocycles. The second-order valence-corrected chi connectivity index (χ2v) is 8.93. The van der Waals surface area contributed by atoms with Crippen molar-refractivity contribution in [3.05, 3.63) is 35.4 Å². The molecule has 118 valence electrons. The van der Waals surface area contributed by atoms with Crippen LogP contribution in [0, 0.1) is 0 Å². The standard InChI is InChI=1S/C16H26N2O2S/c1-16(9-10-21(19,20)13-16)18(4)12-15-7-5-14(6-8-15)11-17(2)3/h5-8H,9-13H2,1-4H3. The highest BCUT2D eigenvalue weighted by Gasteiger charge is 2.41. The second kappa shape index (κ2) is 6.07. The third kappa shape index (κ3) is 4.28. The van der Waals surface area contributed by atoms with Crippen molar-refractivity contribution < 1.29 is 8.42 Å². The first-order chi connectivity index (χ1) is 9.70. The summed E-state index contributed by atoms with van der Waals surface area (Å²) < 4.78 is 23.4. The summed E-state index contributed by atoms with van der Waals surface area (Å²) in [4.78, 5) is 4.32. The van der Waals surface area contributed by atoms with E-state index in [1.165, 1.54) is 11.1 Å². The fourth-order valence-corrected chi connectivity index (χ4v) is 5.08. The number of hydrogen-bond acceptors (Lipinski definition) is 4. The molecule has 1 saturated heterocycles. The van der Waals surface area contributed by atoms with Gasteiger partial charge in [0.15, 0.2) is 9.84 Å². The Hall–Kier alpha value is -0.910. The van der Waals surface area contributed by atoms with Crippen molar-refractivity contribution in [2.45, 2.75) is 32.0 Å². The fraction of sp³-hybridized carbons (Fsp3) is 0.625. The third-order valence-electron chi connectivity index (χ3n) is 4.35. The Bertz CT molecular complexity index is 581. The van der Waals surface area contributed by atoms with Gasteiger partial charge in [-0.1, -0.05) is 24.3 Å². The Kier molecular flexibility index (Phi) is 4.76. The van der Waals surface area contributed by atoms with Gasteiger partial charge in [-0.05, 0) is 45.6 Å². The minimum atomic E-state index is -2.86. The molecule has 1 atom stereocenters. The predicted molar refractivity (Wildman–Crippen MR) is 87.0 cm³/mol. The second-order valence-electron chi connectivity index (χ2n) is 6.75. The fourth-order valence-electron chi connectivity index (χ4n) is 2.87. The summed E-state index contributed by atoms with van der Waals surface area (Å²) in [7, 11) is 3.28. The SMILES string of the molecule is CN(C)Cc1ccc(CN(C)C2(C)CCS(=O)(=O)C2)cc1. The van der Waals surface area contributed by atoms with Gasteiger partial charge in [0.25, 0.3) is 0 Å². The lowest BCUT2D eigenvalue weighted by Crippen LogP contribution is -2.44. The van der Waals surface area contributed by atoms with Gasteiger partial charge in [0.1, 0.15) is 0 Å². The maximum absolute atomic E-state index is 11.7. The van der Waals surface area contributed by atoms with E-state index in [1.54, 1.807) is 0 Å². The van der Waals surface area contributed by atoms with Crippen molar-refractivity contribution in [3.8, 4) is 0 Å². The first kappa shape index (κ1) is 16.5. The molecule has 0 N–H and O–H groups in total. The average molecular weight is 310 g/mol. The molecule has 5 heteroatoms. The highest BCUT2D eigenvalue weighted by atomic mass is 32.2. The molecule has 4 nitrogen and oxygen atoms in total. The predicted octanol–water partition coefficient (Wildman–Crippen LogP) is 1.76. The third-order valence-corrected chi connectivity index (χ3v) is 6.23. The molecule has 0 spiro atoms. The molecule has 0 aliphatic carbocycles. The minimum Gasteiger partial charge on any atom is -0.305 e. The Balaban J connectivity index is 2.01. The van der Waals surface area contributed by atoms with E-state index in [1.807, 2.05) is 7.05 Å². The van der Waals surface area contributed by atoms with E-state index >= 15 is 0 Å². The van der Waals surface area contributed by atoms with E-state index in [-0.39, 0.29) is 11.3 Å². The van der Waals surface area contributed by atoms with Crippen molar-refractivity contribution >= 4 is 9.84 Å². The summed E-state index contributed by atoms with van der Waals surface area (Å²) in [6, 6.07) is 8.58. The molecule has 0 bridgehead atoms. The van der Waals surface area contributed by atoms with E-state index in [0.717, 1.165) is 19.5 Å². The zero-order valence-electron chi connectivity index (χ0n) is 13.5. The first-order valence-electron chi connectivity index (χ1n) is 7.34. The highest BCUT2D eigenvalue weighted by molar-refractivity contribution is 7.91. The molecule has 1 aromatic rings. The molecule has 0 radical (unpaired) electrons. The molecular formula is C16H26N2O2S. The summed E-state index contributed by atoms with van der Waals surface area (Å²) in [5.41, 5.74) is 2.29. The van der Waals surface area contributed by atoms with Crippen LogP contribution in [0.1, 0.15) is 24.5 Å². The Labute approximate surface area is 128 Å². The Morgan fingerprint density at radius 2 is 1.57 bits per heavy atom. The molecule has 21 heavy (non-hydrogen) atoms. The molecule has 1 fully saturated rings. The van der Waals surface area contributed by atoms with Gasteiger partial charge < -0.3 is 4.90 Å². The summed E-state index contributed by atoms with van der Waals surface area (Å²) in [6.45, 7) is 3.78. The van der Waals surface area contributed by atoms with E-state index in [9.17, 15) is 8.42 Å².